The number of halogens is 2. The first-order valence-corrected chi connectivity index (χ1v) is 13.4. The second kappa shape index (κ2) is 11.5. The number of ether oxygens (including phenoxy) is 1. The van der Waals surface area contributed by atoms with Gasteiger partial charge in [0.1, 0.15) is 5.75 Å². The summed E-state index contributed by atoms with van der Waals surface area (Å²) < 4.78 is 34.8. The number of anilines is 1. The van der Waals surface area contributed by atoms with Crippen LogP contribution in [-0.2, 0) is 12.3 Å². The molecule has 0 atom stereocenters. The van der Waals surface area contributed by atoms with Crippen molar-refractivity contribution in [3.05, 3.63) is 88.2 Å². The van der Waals surface area contributed by atoms with Gasteiger partial charge in [-0.1, -0.05) is 44.5 Å². The number of aromatic nitrogens is 2. The third-order valence-corrected chi connectivity index (χ3v) is 7.09. The minimum Gasteiger partial charge on any atom is -0.496 e. The largest absolute Gasteiger partial charge is 0.496 e. The van der Waals surface area contributed by atoms with Gasteiger partial charge in [0.15, 0.2) is 11.5 Å². The molecule has 4 rings (SSSR count). The molecule has 4 aromatic rings. The van der Waals surface area contributed by atoms with Crippen LogP contribution in [0.25, 0.3) is 22.5 Å². The van der Waals surface area contributed by atoms with Crippen LogP contribution in [0.2, 0.25) is 0 Å². The first kappa shape index (κ1) is 28.8. The molecule has 2 N–H and O–H groups in total. The molecule has 0 radical (unpaired) electrons. The molecule has 0 bridgehead atoms. The topological polar surface area (TPSA) is 76.4 Å². The predicted molar refractivity (Wildman–Crippen MR) is 154 cm³/mol. The number of aryl methyl sites for hydroxylation is 4. The number of rotatable bonds is 9. The van der Waals surface area contributed by atoms with Gasteiger partial charge in [0.05, 0.1) is 12.8 Å². The molecule has 1 amide bonds. The zero-order valence-corrected chi connectivity index (χ0v) is 23.7. The number of carbonyl (C=O) groups is 1. The first-order chi connectivity index (χ1) is 19.0. The summed E-state index contributed by atoms with van der Waals surface area (Å²) in [6.45, 7) is 9.30. The number of hydrogen-bond acceptors (Lipinski definition) is 4. The summed E-state index contributed by atoms with van der Waals surface area (Å²) in [4.78, 5) is 17.6. The Balaban J connectivity index is 1.72. The molecule has 0 aliphatic rings. The van der Waals surface area contributed by atoms with Crippen molar-refractivity contribution in [1.82, 2.24) is 9.71 Å². The van der Waals surface area contributed by atoms with E-state index < -0.39 is 11.8 Å². The molecular formula is C32H35F2N3O3. The molecule has 1 heterocycles. The van der Waals surface area contributed by atoms with Crippen molar-refractivity contribution in [2.24, 2.45) is 0 Å². The second-order valence-corrected chi connectivity index (χ2v) is 10.0. The van der Waals surface area contributed by atoms with Crippen LogP contribution in [-0.4, -0.2) is 27.9 Å². The van der Waals surface area contributed by atoms with E-state index in [-0.39, 0.29) is 29.2 Å². The number of carbonyl (C=O) groups excluding carboxylic acids is 1. The van der Waals surface area contributed by atoms with Crippen molar-refractivity contribution >= 4 is 11.6 Å². The van der Waals surface area contributed by atoms with E-state index in [1.165, 1.54) is 36.8 Å². The van der Waals surface area contributed by atoms with Crippen molar-refractivity contribution in [3.8, 4) is 28.3 Å². The highest BCUT2D eigenvalue weighted by molar-refractivity contribution is 6.04. The number of hydrogen-bond donors (Lipinski definition) is 2. The smallest absolute Gasteiger partial charge is 0.277 e. The molecule has 0 aliphatic heterocycles. The van der Waals surface area contributed by atoms with Crippen LogP contribution in [0.15, 0.2) is 54.6 Å². The summed E-state index contributed by atoms with van der Waals surface area (Å²) >= 11 is 0. The quantitative estimate of drug-likeness (QED) is 0.208. The van der Waals surface area contributed by atoms with Gasteiger partial charge in [-0.3, -0.25) is 4.79 Å². The van der Waals surface area contributed by atoms with Gasteiger partial charge < -0.3 is 15.3 Å². The summed E-state index contributed by atoms with van der Waals surface area (Å²) in [6.07, 6.45) is 1.70. The van der Waals surface area contributed by atoms with Gasteiger partial charge >= 0.3 is 0 Å². The minimum atomic E-state index is -3.01. The Morgan fingerprint density at radius 1 is 1.05 bits per heavy atom. The van der Waals surface area contributed by atoms with Gasteiger partial charge in [0.2, 0.25) is 0 Å². The number of alkyl halides is 2. The lowest BCUT2D eigenvalue weighted by atomic mass is 9.91. The number of nitrogens with one attached hydrogen (secondary N) is 1. The molecule has 0 saturated carbocycles. The molecule has 6 nitrogen and oxygen atoms in total. The fraction of sp³-hybridized carbons (Fsp3) is 0.312. The maximum Gasteiger partial charge on any atom is 0.277 e. The molecule has 0 aliphatic carbocycles. The summed E-state index contributed by atoms with van der Waals surface area (Å²) in [5.41, 5.74) is 6.17. The number of benzene rings is 3. The molecule has 0 unspecified atom stereocenters. The van der Waals surface area contributed by atoms with E-state index >= 15 is 0 Å². The molecular weight excluding hydrogens is 512 g/mol. The lowest BCUT2D eigenvalue weighted by Crippen LogP contribution is -2.18. The van der Waals surface area contributed by atoms with Crippen molar-refractivity contribution in [2.45, 2.75) is 59.8 Å². The summed E-state index contributed by atoms with van der Waals surface area (Å²) in [5, 5.41) is 13.7. The molecule has 210 valence electrons. The third-order valence-electron chi connectivity index (χ3n) is 7.09. The van der Waals surface area contributed by atoms with Gasteiger partial charge in [-0.15, -0.1) is 0 Å². The molecule has 3 aromatic carbocycles. The lowest BCUT2D eigenvalue weighted by molar-refractivity contribution is -0.00825. The molecule has 0 spiro atoms. The van der Waals surface area contributed by atoms with Crippen LogP contribution in [0, 0.1) is 20.8 Å². The van der Waals surface area contributed by atoms with Crippen LogP contribution in [0.5, 0.6) is 5.75 Å². The Morgan fingerprint density at radius 2 is 1.75 bits per heavy atom. The number of methoxy groups -OCH3 is 1. The van der Waals surface area contributed by atoms with E-state index in [4.69, 9.17) is 4.74 Å². The SMILES string of the molecule is CCCc1cc(C)c(-c2cc(-c3nc(C)c(C(=O)Nc4cccc(C(F)(F)CC)c4)n3O)ccc2OC)c(C)c1. The Morgan fingerprint density at radius 3 is 2.38 bits per heavy atom. The van der Waals surface area contributed by atoms with E-state index in [1.807, 2.05) is 12.1 Å². The van der Waals surface area contributed by atoms with Crippen molar-refractivity contribution in [3.63, 3.8) is 0 Å². The maximum absolute atomic E-state index is 14.2. The molecule has 8 heteroatoms. The fourth-order valence-electron chi connectivity index (χ4n) is 5.14. The molecule has 1 aromatic heterocycles. The highest BCUT2D eigenvalue weighted by atomic mass is 19.3. The molecule has 0 saturated heterocycles. The van der Waals surface area contributed by atoms with Crippen LogP contribution in [0.3, 0.4) is 0 Å². The van der Waals surface area contributed by atoms with Crippen molar-refractivity contribution in [1.29, 1.82) is 0 Å². The zero-order valence-electron chi connectivity index (χ0n) is 23.7. The van der Waals surface area contributed by atoms with E-state index in [0.717, 1.165) is 39.8 Å². The minimum absolute atomic E-state index is 0.0868. The monoisotopic (exact) mass is 547 g/mol. The number of nitrogens with zero attached hydrogens (tertiary/aromatic N) is 2. The number of amides is 1. The normalized spacial score (nSPS) is 11.5. The maximum atomic E-state index is 14.2. The average Bonchev–Trinajstić information content (AvgIpc) is 3.22. The van der Waals surface area contributed by atoms with Gasteiger partial charge in [-0.05, 0) is 79.8 Å². The average molecular weight is 548 g/mol. The van der Waals surface area contributed by atoms with Gasteiger partial charge in [-0.25, -0.2) is 13.8 Å². The summed E-state index contributed by atoms with van der Waals surface area (Å²) in [6, 6.07) is 15.4. The fourth-order valence-corrected chi connectivity index (χ4v) is 5.14. The van der Waals surface area contributed by atoms with Gasteiger partial charge in [-0.2, -0.15) is 4.73 Å². The second-order valence-electron chi connectivity index (χ2n) is 10.0. The first-order valence-electron chi connectivity index (χ1n) is 13.4. The van der Waals surface area contributed by atoms with Crippen LogP contribution < -0.4 is 10.1 Å². The van der Waals surface area contributed by atoms with E-state index in [0.29, 0.717) is 17.0 Å². The zero-order chi connectivity index (χ0) is 29.2. The molecule has 40 heavy (non-hydrogen) atoms. The van der Waals surface area contributed by atoms with Crippen molar-refractivity contribution < 1.29 is 23.5 Å². The summed E-state index contributed by atoms with van der Waals surface area (Å²) in [7, 11) is 1.61. The van der Waals surface area contributed by atoms with Crippen LogP contribution in [0.1, 0.15) is 65.1 Å². The highest BCUT2D eigenvalue weighted by Crippen LogP contribution is 2.38. The van der Waals surface area contributed by atoms with Gasteiger partial charge in [0.25, 0.3) is 11.8 Å². The van der Waals surface area contributed by atoms with Crippen molar-refractivity contribution in [2.75, 3.05) is 12.4 Å². The summed E-state index contributed by atoms with van der Waals surface area (Å²) in [5.74, 6) is -2.83. The standard InChI is InChI=1S/C32H35F2N3O3/c1-7-10-22-15-19(3)28(20(4)16-22)26-17-23(13-14-27(26)40-6)30-35-21(5)29(37(30)39)31(38)36-25-12-9-11-24(18-25)32(33,34)8-2/h9,11-18,39H,7-8,10H2,1-6H3,(H,36,38). The van der Waals surface area contributed by atoms with E-state index in [9.17, 15) is 18.8 Å². The Hall–Kier alpha value is -4.20. The van der Waals surface area contributed by atoms with Crippen LogP contribution in [0.4, 0.5) is 14.5 Å². The van der Waals surface area contributed by atoms with E-state index in [1.54, 1.807) is 20.1 Å². The predicted octanol–water partition coefficient (Wildman–Crippen LogP) is 8.09. The third kappa shape index (κ3) is 5.57. The lowest BCUT2D eigenvalue weighted by Gasteiger charge is -2.17. The van der Waals surface area contributed by atoms with Gasteiger partial charge in [0, 0.05) is 28.8 Å². The Bertz CT molecular complexity index is 1540. The molecule has 0 fully saturated rings. The van der Waals surface area contributed by atoms with E-state index in [2.05, 4.69) is 43.2 Å². The highest BCUT2D eigenvalue weighted by Gasteiger charge is 2.29. The number of imidazole rings is 1. The Kier molecular flexibility index (Phi) is 8.28. The van der Waals surface area contributed by atoms with Crippen LogP contribution >= 0.6 is 0 Å². The Labute approximate surface area is 233 Å².